The molecule has 5 nitrogen and oxygen atoms in total. The number of aryl methyl sites for hydroxylation is 4. The summed E-state index contributed by atoms with van der Waals surface area (Å²) in [5.74, 6) is -0.394. The second kappa shape index (κ2) is 13.4. The third-order valence-electron chi connectivity index (χ3n) is 10.8. The number of aromatic nitrogens is 2. The molecule has 2 aromatic carbocycles. The lowest BCUT2D eigenvalue weighted by atomic mass is 9.72. The van der Waals surface area contributed by atoms with Crippen molar-refractivity contribution >= 4 is 5.57 Å². The van der Waals surface area contributed by atoms with E-state index in [-0.39, 0.29) is 17.6 Å². The van der Waals surface area contributed by atoms with E-state index >= 15 is 0 Å². The number of hydrogen-bond donors (Lipinski definition) is 1. The average molecular weight is 635 g/mol. The third-order valence-corrected chi connectivity index (χ3v) is 10.8. The average Bonchev–Trinajstić information content (AvgIpc) is 3.32. The van der Waals surface area contributed by atoms with E-state index in [1.54, 1.807) is 18.3 Å². The van der Waals surface area contributed by atoms with Crippen LogP contribution in [0, 0.1) is 17.6 Å². The molecule has 4 aromatic rings. The van der Waals surface area contributed by atoms with Crippen LogP contribution in [0.2, 0.25) is 0 Å². The molecule has 0 spiro atoms. The minimum atomic E-state index is -1.20. The Kier molecular flexibility index (Phi) is 9.05. The lowest BCUT2D eigenvalue weighted by molar-refractivity contribution is -0.0150. The standard InChI is InChI=1S/C20H23FN2O.C20H21FN2/c1-23-11-8-16(9-12-23)20(24)18-13-17(21)7-6-14(18)4-5-15-3-2-10-22-19(15)20;1-23-11-8-15(9-12-23)19-18-13-17(21)7-6-14(18)4-5-16-3-2-10-22-20(16)19/h2-3,6-7,10,13,16,24H,4-5,8-9,11-12H2,1H3;2-3,6-7,10,13H,4-5,8-9,11-12H2,1H3. The number of piperidine rings is 2. The van der Waals surface area contributed by atoms with Gasteiger partial charge in [0.15, 0.2) is 0 Å². The van der Waals surface area contributed by atoms with Gasteiger partial charge in [0.05, 0.1) is 11.4 Å². The molecule has 0 bridgehead atoms. The van der Waals surface area contributed by atoms with Crippen LogP contribution in [0.4, 0.5) is 8.78 Å². The van der Waals surface area contributed by atoms with Gasteiger partial charge in [0.1, 0.15) is 17.2 Å². The summed E-state index contributed by atoms with van der Waals surface area (Å²) in [5.41, 5.74) is 9.63. The van der Waals surface area contributed by atoms with Crippen molar-refractivity contribution < 1.29 is 13.9 Å². The summed E-state index contributed by atoms with van der Waals surface area (Å²) in [7, 11) is 4.27. The van der Waals surface area contributed by atoms with E-state index in [1.165, 1.54) is 34.4 Å². The highest BCUT2D eigenvalue weighted by atomic mass is 19.1. The van der Waals surface area contributed by atoms with E-state index in [1.807, 2.05) is 36.5 Å². The SMILES string of the molecule is CN1CCC(=C2c3cc(F)ccc3CCc3cccnc32)CC1.CN1CCC(C2(O)c3cc(F)ccc3CCc3cccnc32)CC1. The molecule has 0 radical (unpaired) electrons. The monoisotopic (exact) mass is 634 g/mol. The van der Waals surface area contributed by atoms with Gasteiger partial charge < -0.3 is 14.9 Å². The number of likely N-dealkylation sites (tertiary alicyclic amines) is 2. The van der Waals surface area contributed by atoms with Crippen LogP contribution >= 0.6 is 0 Å². The van der Waals surface area contributed by atoms with Crippen molar-refractivity contribution in [1.29, 1.82) is 0 Å². The Morgan fingerprint density at radius 2 is 1.28 bits per heavy atom. The van der Waals surface area contributed by atoms with Gasteiger partial charge in [-0.15, -0.1) is 0 Å². The predicted molar refractivity (Wildman–Crippen MR) is 182 cm³/mol. The molecule has 244 valence electrons. The zero-order valence-electron chi connectivity index (χ0n) is 27.5. The van der Waals surface area contributed by atoms with E-state index in [2.05, 4.69) is 39.9 Å². The summed E-state index contributed by atoms with van der Waals surface area (Å²) in [4.78, 5) is 13.9. The Balaban J connectivity index is 0.000000150. The maximum absolute atomic E-state index is 14.0. The van der Waals surface area contributed by atoms with Crippen molar-refractivity contribution in [2.24, 2.45) is 5.92 Å². The van der Waals surface area contributed by atoms with Gasteiger partial charge in [-0.2, -0.15) is 0 Å². The maximum atomic E-state index is 14.0. The molecule has 1 N–H and O–H groups in total. The van der Waals surface area contributed by atoms with E-state index < -0.39 is 5.60 Å². The van der Waals surface area contributed by atoms with Crippen molar-refractivity contribution in [3.05, 3.63) is 135 Å². The Morgan fingerprint density at radius 3 is 2.04 bits per heavy atom. The van der Waals surface area contributed by atoms with Crippen LogP contribution in [0.5, 0.6) is 0 Å². The van der Waals surface area contributed by atoms with Crippen LogP contribution in [0.25, 0.3) is 5.57 Å². The van der Waals surface area contributed by atoms with Crippen molar-refractivity contribution in [2.45, 2.75) is 57.0 Å². The Labute approximate surface area is 277 Å². The molecule has 2 fully saturated rings. The molecule has 1 atom stereocenters. The summed E-state index contributed by atoms with van der Waals surface area (Å²) in [6.07, 6.45) is 11.0. The van der Waals surface area contributed by atoms with Gasteiger partial charge in [-0.3, -0.25) is 9.97 Å². The van der Waals surface area contributed by atoms with Crippen LogP contribution in [-0.4, -0.2) is 65.1 Å². The quantitative estimate of drug-likeness (QED) is 0.251. The Hall–Kier alpha value is -3.78. The van der Waals surface area contributed by atoms with Crippen LogP contribution in [0.15, 0.2) is 78.6 Å². The fraction of sp³-hybridized carbons (Fsp3) is 0.400. The highest BCUT2D eigenvalue weighted by molar-refractivity contribution is 5.84. The van der Waals surface area contributed by atoms with Crippen LogP contribution in [-0.2, 0) is 31.3 Å². The summed E-state index contributed by atoms with van der Waals surface area (Å²) >= 11 is 0. The molecule has 2 aliphatic carbocycles. The number of halogens is 2. The van der Waals surface area contributed by atoms with E-state index in [0.717, 1.165) is 111 Å². The van der Waals surface area contributed by atoms with Crippen LogP contribution in [0.3, 0.4) is 0 Å². The summed E-state index contributed by atoms with van der Waals surface area (Å²) in [5, 5.41) is 11.9. The zero-order valence-corrected chi connectivity index (χ0v) is 27.5. The van der Waals surface area contributed by atoms with Gasteiger partial charge in [0.2, 0.25) is 0 Å². The van der Waals surface area contributed by atoms with Gasteiger partial charge in [-0.1, -0.05) is 29.8 Å². The first kappa shape index (κ1) is 31.8. The lowest BCUT2D eigenvalue weighted by Gasteiger charge is -2.41. The highest BCUT2D eigenvalue weighted by Gasteiger charge is 2.46. The number of pyridine rings is 2. The fourth-order valence-corrected chi connectivity index (χ4v) is 8.10. The molecule has 4 heterocycles. The van der Waals surface area contributed by atoms with Gasteiger partial charge >= 0.3 is 0 Å². The molecular weight excluding hydrogens is 590 g/mol. The first-order chi connectivity index (χ1) is 22.8. The zero-order chi connectivity index (χ0) is 32.5. The molecule has 47 heavy (non-hydrogen) atoms. The van der Waals surface area contributed by atoms with Crippen molar-refractivity contribution in [3.8, 4) is 0 Å². The molecule has 7 heteroatoms. The van der Waals surface area contributed by atoms with Gasteiger partial charge in [0.25, 0.3) is 0 Å². The Bertz CT molecular complexity index is 1790. The Morgan fingerprint density at radius 1 is 0.681 bits per heavy atom. The van der Waals surface area contributed by atoms with Crippen LogP contribution < -0.4 is 0 Å². The predicted octanol–water partition coefficient (Wildman–Crippen LogP) is 6.74. The topological polar surface area (TPSA) is 52.5 Å². The molecular formula is C40H44F2N4O. The van der Waals surface area contributed by atoms with E-state index in [4.69, 9.17) is 0 Å². The minimum Gasteiger partial charge on any atom is -0.378 e. The normalized spacial score (nSPS) is 21.7. The molecule has 1 unspecified atom stereocenters. The van der Waals surface area contributed by atoms with Gasteiger partial charge in [0, 0.05) is 37.0 Å². The minimum absolute atomic E-state index is 0.0565. The first-order valence-electron chi connectivity index (χ1n) is 17.1. The largest absolute Gasteiger partial charge is 0.378 e. The highest BCUT2D eigenvalue weighted by Crippen LogP contribution is 2.45. The smallest absolute Gasteiger partial charge is 0.135 e. The summed E-state index contributed by atoms with van der Waals surface area (Å²) in [6.45, 7) is 4.01. The lowest BCUT2D eigenvalue weighted by Crippen LogP contribution is -2.44. The first-order valence-corrected chi connectivity index (χ1v) is 17.1. The molecule has 4 aliphatic rings. The molecule has 0 saturated carbocycles. The van der Waals surface area contributed by atoms with Crippen molar-refractivity contribution in [2.75, 3.05) is 40.3 Å². The van der Waals surface area contributed by atoms with Gasteiger partial charge in [-0.05, 0) is 148 Å². The molecule has 0 amide bonds. The third kappa shape index (κ3) is 6.29. The molecule has 2 saturated heterocycles. The van der Waals surface area contributed by atoms with Crippen molar-refractivity contribution in [1.82, 2.24) is 19.8 Å². The second-order valence-corrected chi connectivity index (χ2v) is 13.8. The maximum Gasteiger partial charge on any atom is 0.135 e. The van der Waals surface area contributed by atoms with Crippen molar-refractivity contribution in [3.63, 3.8) is 0 Å². The molecule has 2 aliphatic heterocycles. The fourth-order valence-electron chi connectivity index (χ4n) is 8.10. The summed E-state index contributed by atoms with van der Waals surface area (Å²) < 4.78 is 28.0. The molecule has 2 aromatic heterocycles. The van der Waals surface area contributed by atoms with Crippen LogP contribution in [0.1, 0.15) is 70.5 Å². The van der Waals surface area contributed by atoms with Gasteiger partial charge in [-0.25, -0.2) is 8.78 Å². The number of fused-ring (bicyclic) bond motifs is 4. The van der Waals surface area contributed by atoms with E-state index in [0.29, 0.717) is 0 Å². The summed E-state index contributed by atoms with van der Waals surface area (Å²) in [6, 6.07) is 18.2. The van der Waals surface area contributed by atoms with E-state index in [9.17, 15) is 13.9 Å². The number of benzene rings is 2. The number of rotatable bonds is 1. The number of nitrogens with zero attached hydrogens (tertiary/aromatic N) is 4. The number of aliphatic hydroxyl groups is 1. The number of hydrogen-bond acceptors (Lipinski definition) is 5. The molecule has 8 rings (SSSR count). The second-order valence-electron chi connectivity index (χ2n) is 13.8.